The summed E-state index contributed by atoms with van der Waals surface area (Å²) in [5.74, 6) is 0.0980. The van der Waals surface area contributed by atoms with E-state index in [1.165, 1.54) is 0 Å². The second kappa shape index (κ2) is 4.80. The zero-order chi connectivity index (χ0) is 13.3. The minimum Gasteiger partial charge on any atom is -0.497 e. The summed E-state index contributed by atoms with van der Waals surface area (Å²) in [4.78, 5) is 25.4. The molecule has 1 heterocycles. The van der Waals surface area contributed by atoms with E-state index in [2.05, 4.69) is 13.8 Å². The van der Waals surface area contributed by atoms with Crippen LogP contribution < -0.4 is 9.64 Å². The summed E-state index contributed by atoms with van der Waals surface area (Å²) >= 11 is 0. The molecule has 0 aromatic heterocycles. The number of Topliss-reactive ketones (excluding diaryl/α,β-unsaturated/α-hetero) is 1. The Bertz CT molecular complexity index is 496. The minimum atomic E-state index is -0.438. The van der Waals surface area contributed by atoms with Crippen molar-refractivity contribution in [1.82, 2.24) is 0 Å². The van der Waals surface area contributed by atoms with Crippen LogP contribution in [0, 0.1) is 5.92 Å². The van der Waals surface area contributed by atoms with Gasteiger partial charge >= 0.3 is 0 Å². The van der Waals surface area contributed by atoms with E-state index in [1.54, 1.807) is 30.2 Å². The van der Waals surface area contributed by atoms with Crippen LogP contribution in [0.4, 0.5) is 5.69 Å². The van der Waals surface area contributed by atoms with Crippen LogP contribution in [0.1, 0.15) is 30.6 Å². The molecule has 18 heavy (non-hydrogen) atoms. The highest BCUT2D eigenvalue weighted by Gasteiger charge is 2.36. The van der Waals surface area contributed by atoms with Gasteiger partial charge in [0.05, 0.1) is 18.4 Å². The maximum atomic E-state index is 11.9. The van der Waals surface area contributed by atoms with E-state index in [9.17, 15) is 9.59 Å². The average Bonchev–Trinajstić information content (AvgIpc) is 2.63. The van der Waals surface area contributed by atoms with E-state index >= 15 is 0 Å². The lowest BCUT2D eigenvalue weighted by molar-refractivity contribution is -0.114. The summed E-state index contributed by atoms with van der Waals surface area (Å²) in [6.45, 7) is 4.72. The summed E-state index contributed by atoms with van der Waals surface area (Å²) in [6.07, 6.45) is 0.976. The molecule has 0 bridgehead atoms. The quantitative estimate of drug-likeness (QED) is 0.767. The van der Waals surface area contributed by atoms with Crippen molar-refractivity contribution in [2.24, 2.45) is 5.92 Å². The second-order valence-electron chi connectivity index (χ2n) is 4.64. The number of carbonyl (C=O) groups is 2. The summed E-state index contributed by atoms with van der Waals surface area (Å²) in [6, 6.07) is 5.18. The van der Waals surface area contributed by atoms with Crippen LogP contribution >= 0.6 is 0 Å². The maximum absolute atomic E-state index is 11.9. The lowest BCUT2D eigenvalue weighted by Gasteiger charge is -2.20. The standard InChI is InChI=1S/C14H17NO3/c1-4-9(2)8-15-12-6-5-10(18-3)7-11(12)13(16)14(15)17/h5-7,9H,4,8H2,1-3H3. The van der Waals surface area contributed by atoms with Gasteiger partial charge in [0.1, 0.15) is 5.75 Å². The van der Waals surface area contributed by atoms with Crippen molar-refractivity contribution in [3.8, 4) is 5.75 Å². The van der Waals surface area contributed by atoms with E-state index in [0.717, 1.165) is 6.42 Å². The first-order valence-corrected chi connectivity index (χ1v) is 6.12. The number of methoxy groups -OCH3 is 1. The molecule has 4 heteroatoms. The fourth-order valence-electron chi connectivity index (χ4n) is 2.03. The molecule has 0 fully saturated rings. The Hall–Kier alpha value is -1.84. The summed E-state index contributed by atoms with van der Waals surface area (Å²) in [7, 11) is 1.54. The Kier molecular flexibility index (Phi) is 3.36. The molecular formula is C14H17NO3. The van der Waals surface area contributed by atoms with Crippen molar-refractivity contribution in [3.05, 3.63) is 23.8 Å². The molecule has 0 spiro atoms. The molecule has 0 saturated carbocycles. The van der Waals surface area contributed by atoms with E-state index in [0.29, 0.717) is 29.5 Å². The van der Waals surface area contributed by atoms with Gasteiger partial charge in [0.2, 0.25) is 0 Å². The number of hydrogen-bond donors (Lipinski definition) is 0. The van der Waals surface area contributed by atoms with Gasteiger partial charge in [-0.2, -0.15) is 0 Å². The molecule has 4 nitrogen and oxygen atoms in total. The number of nitrogens with zero attached hydrogens (tertiary/aromatic N) is 1. The third-order valence-electron chi connectivity index (χ3n) is 3.37. The summed E-state index contributed by atoms with van der Waals surface area (Å²) < 4.78 is 5.08. The van der Waals surface area contributed by atoms with E-state index < -0.39 is 11.7 Å². The SMILES string of the molecule is CCC(C)CN1C(=O)C(=O)c2cc(OC)ccc21. The Morgan fingerprint density at radius 3 is 2.67 bits per heavy atom. The average molecular weight is 247 g/mol. The van der Waals surface area contributed by atoms with Gasteiger partial charge in [-0.3, -0.25) is 9.59 Å². The highest BCUT2D eigenvalue weighted by molar-refractivity contribution is 6.52. The zero-order valence-electron chi connectivity index (χ0n) is 10.9. The topological polar surface area (TPSA) is 46.6 Å². The highest BCUT2D eigenvalue weighted by Crippen LogP contribution is 2.32. The molecule has 1 unspecified atom stereocenters. The molecule has 1 aliphatic rings. The monoisotopic (exact) mass is 247 g/mol. The Labute approximate surface area is 107 Å². The largest absolute Gasteiger partial charge is 0.497 e. The van der Waals surface area contributed by atoms with Gasteiger partial charge in [0, 0.05) is 6.54 Å². The van der Waals surface area contributed by atoms with Gasteiger partial charge in [-0.1, -0.05) is 20.3 Å². The first-order valence-electron chi connectivity index (χ1n) is 6.12. The lowest BCUT2D eigenvalue weighted by Crippen LogP contribution is -2.33. The molecule has 0 N–H and O–H groups in total. The molecular weight excluding hydrogens is 230 g/mol. The third kappa shape index (κ3) is 1.98. The summed E-state index contributed by atoms with van der Waals surface area (Å²) in [5, 5.41) is 0. The van der Waals surface area contributed by atoms with Gasteiger partial charge < -0.3 is 9.64 Å². The molecule has 0 saturated heterocycles. The number of ether oxygens (including phenoxy) is 1. The predicted octanol–water partition coefficient (Wildman–Crippen LogP) is 2.27. The van der Waals surface area contributed by atoms with Crippen molar-refractivity contribution in [3.63, 3.8) is 0 Å². The molecule has 1 atom stereocenters. The Morgan fingerprint density at radius 1 is 1.33 bits per heavy atom. The normalized spacial score (nSPS) is 15.8. The number of benzene rings is 1. The van der Waals surface area contributed by atoms with E-state index in [4.69, 9.17) is 4.74 Å². The zero-order valence-corrected chi connectivity index (χ0v) is 10.9. The van der Waals surface area contributed by atoms with Gasteiger partial charge in [0.25, 0.3) is 11.7 Å². The molecule has 1 aromatic rings. The number of hydrogen-bond acceptors (Lipinski definition) is 3. The Balaban J connectivity index is 2.37. The molecule has 96 valence electrons. The third-order valence-corrected chi connectivity index (χ3v) is 3.37. The van der Waals surface area contributed by atoms with Crippen molar-refractivity contribution in [2.45, 2.75) is 20.3 Å². The molecule has 1 aliphatic heterocycles. The number of anilines is 1. The maximum Gasteiger partial charge on any atom is 0.299 e. The van der Waals surface area contributed by atoms with Gasteiger partial charge in [-0.15, -0.1) is 0 Å². The number of rotatable bonds is 4. The molecule has 2 rings (SSSR count). The minimum absolute atomic E-state index is 0.370. The fourth-order valence-corrected chi connectivity index (χ4v) is 2.03. The number of fused-ring (bicyclic) bond motifs is 1. The van der Waals surface area contributed by atoms with Crippen molar-refractivity contribution >= 4 is 17.4 Å². The lowest BCUT2D eigenvalue weighted by atomic mass is 10.1. The molecule has 1 aromatic carbocycles. The van der Waals surface area contributed by atoms with Crippen molar-refractivity contribution < 1.29 is 14.3 Å². The fraction of sp³-hybridized carbons (Fsp3) is 0.429. The van der Waals surface area contributed by atoms with Gasteiger partial charge in [-0.25, -0.2) is 0 Å². The van der Waals surface area contributed by atoms with Gasteiger partial charge in [-0.05, 0) is 24.1 Å². The first-order chi connectivity index (χ1) is 8.58. The van der Waals surface area contributed by atoms with Crippen molar-refractivity contribution in [2.75, 3.05) is 18.6 Å². The number of carbonyl (C=O) groups excluding carboxylic acids is 2. The van der Waals surface area contributed by atoms with Crippen molar-refractivity contribution in [1.29, 1.82) is 0 Å². The van der Waals surface area contributed by atoms with Crippen LogP contribution in [0.5, 0.6) is 5.75 Å². The molecule has 0 radical (unpaired) electrons. The first kappa shape index (κ1) is 12.6. The van der Waals surface area contributed by atoms with Crippen LogP contribution in [0.15, 0.2) is 18.2 Å². The van der Waals surface area contributed by atoms with E-state index in [1.807, 2.05) is 0 Å². The highest BCUT2D eigenvalue weighted by atomic mass is 16.5. The van der Waals surface area contributed by atoms with E-state index in [-0.39, 0.29) is 0 Å². The predicted molar refractivity (Wildman–Crippen MR) is 69.1 cm³/mol. The molecule has 1 amide bonds. The van der Waals surface area contributed by atoms with Gasteiger partial charge in [0.15, 0.2) is 0 Å². The number of ketones is 1. The van der Waals surface area contributed by atoms with Crippen LogP contribution in [-0.4, -0.2) is 25.3 Å². The van der Waals surface area contributed by atoms with Crippen LogP contribution in [0.3, 0.4) is 0 Å². The number of amides is 1. The Morgan fingerprint density at radius 2 is 2.06 bits per heavy atom. The molecule has 0 aliphatic carbocycles. The second-order valence-corrected chi connectivity index (χ2v) is 4.64. The van der Waals surface area contributed by atoms with Crippen LogP contribution in [0.2, 0.25) is 0 Å². The van der Waals surface area contributed by atoms with Crippen LogP contribution in [-0.2, 0) is 4.79 Å². The summed E-state index contributed by atoms with van der Waals surface area (Å²) in [5.41, 5.74) is 1.15. The smallest absolute Gasteiger partial charge is 0.299 e. The van der Waals surface area contributed by atoms with Crippen LogP contribution in [0.25, 0.3) is 0 Å².